The standard InChI is InChI=1S/C64H108NO8P/c1-6-8-10-12-14-16-18-20-22-24-26-27-28-29-30-31-32-33-34-35-36-37-39-41-43-45-47-49-51-53-55-57-64(67)73-62(61-72-74(68,69)71-59-58-65(3,4)5)60-70-63(66)56-54-52-50-48-46-44-42-40-38-25-23-21-19-17-15-13-11-9-7-2/h8-11,14-17,20-23,26-27,29-30,32-33,38,40,62H,6-7,12-13,18-19,24-25,28,31,34-37,39,41-61H2,1-5H3/b10-8-,11-9-,16-14-,17-15-,22-20-,23-21-,27-26-,30-29-,33-32-,40-38-. The van der Waals surface area contributed by atoms with Crippen LogP contribution in [0.25, 0.3) is 0 Å². The maximum absolute atomic E-state index is 12.8. The third-order valence-corrected chi connectivity index (χ3v) is 12.9. The molecular weight excluding hydrogens is 942 g/mol. The van der Waals surface area contributed by atoms with Crippen molar-refractivity contribution in [2.24, 2.45) is 0 Å². The number of likely N-dealkylation sites (N-methyl/N-ethyl adjacent to an activating group) is 1. The fraction of sp³-hybridized carbons (Fsp3) is 0.656. The number of quaternary nitrogens is 1. The molecular formula is C64H108NO8P. The fourth-order valence-electron chi connectivity index (χ4n) is 7.53. The van der Waals surface area contributed by atoms with Crippen LogP contribution >= 0.6 is 7.82 Å². The van der Waals surface area contributed by atoms with E-state index >= 15 is 0 Å². The molecule has 0 aromatic rings. The van der Waals surface area contributed by atoms with E-state index in [4.69, 9.17) is 18.5 Å². The van der Waals surface area contributed by atoms with Crippen LogP contribution in [0.2, 0.25) is 0 Å². The number of allylic oxidation sites excluding steroid dienone is 20. The lowest BCUT2D eigenvalue weighted by Gasteiger charge is -2.28. The maximum atomic E-state index is 12.8. The van der Waals surface area contributed by atoms with Gasteiger partial charge in [0.15, 0.2) is 6.10 Å². The molecule has 0 aromatic carbocycles. The van der Waals surface area contributed by atoms with Crippen LogP contribution in [0.1, 0.15) is 219 Å². The number of carbonyl (C=O) groups is 2. The summed E-state index contributed by atoms with van der Waals surface area (Å²) < 4.78 is 34.1. The molecule has 0 saturated heterocycles. The molecule has 10 heteroatoms. The van der Waals surface area contributed by atoms with Gasteiger partial charge in [-0.15, -0.1) is 0 Å². The Morgan fingerprint density at radius 2 is 0.730 bits per heavy atom. The smallest absolute Gasteiger partial charge is 0.306 e. The van der Waals surface area contributed by atoms with Crippen LogP contribution in [0.3, 0.4) is 0 Å². The van der Waals surface area contributed by atoms with Crippen LogP contribution in [-0.2, 0) is 32.7 Å². The molecule has 0 aliphatic carbocycles. The van der Waals surface area contributed by atoms with Crippen LogP contribution in [0.5, 0.6) is 0 Å². The van der Waals surface area contributed by atoms with Gasteiger partial charge in [-0.2, -0.15) is 0 Å². The minimum atomic E-state index is -4.65. The molecule has 2 unspecified atom stereocenters. The lowest BCUT2D eigenvalue weighted by atomic mass is 10.0. The summed E-state index contributed by atoms with van der Waals surface area (Å²) in [4.78, 5) is 37.9. The van der Waals surface area contributed by atoms with Gasteiger partial charge in [0.2, 0.25) is 0 Å². The second-order valence-corrected chi connectivity index (χ2v) is 21.7. The second kappa shape index (κ2) is 54.2. The molecule has 0 N–H and O–H groups in total. The highest BCUT2D eigenvalue weighted by Crippen LogP contribution is 2.38. The first-order valence-electron chi connectivity index (χ1n) is 29.2. The number of hydrogen-bond acceptors (Lipinski definition) is 8. The van der Waals surface area contributed by atoms with Crippen molar-refractivity contribution in [3.63, 3.8) is 0 Å². The Morgan fingerprint density at radius 3 is 1.08 bits per heavy atom. The molecule has 0 aliphatic heterocycles. The lowest BCUT2D eigenvalue weighted by Crippen LogP contribution is -2.37. The van der Waals surface area contributed by atoms with Crippen LogP contribution in [0.4, 0.5) is 0 Å². The number of unbranched alkanes of at least 4 members (excludes halogenated alkanes) is 18. The summed E-state index contributed by atoms with van der Waals surface area (Å²) in [5, 5.41) is 0. The van der Waals surface area contributed by atoms with Crippen molar-refractivity contribution < 1.29 is 42.1 Å². The molecule has 0 radical (unpaired) electrons. The Morgan fingerprint density at radius 1 is 0.419 bits per heavy atom. The Hall–Kier alpha value is -3.59. The van der Waals surface area contributed by atoms with E-state index in [0.29, 0.717) is 23.9 Å². The summed E-state index contributed by atoms with van der Waals surface area (Å²) in [6, 6.07) is 0. The molecule has 9 nitrogen and oxygen atoms in total. The van der Waals surface area contributed by atoms with Crippen LogP contribution in [0, 0.1) is 0 Å². The summed E-state index contributed by atoms with van der Waals surface area (Å²) >= 11 is 0. The van der Waals surface area contributed by atoms with Gasteiger partial charge in [0.05, 0.1) is 27.7 Å². The minimum absolute atomic E-state index is 0.0398. The fourth-order valence-corrected chi connectivity index (χ4v) is 8.26. The molecule has 0 rings (SSSR count). The monoisotopic (exact) mass is 1050 g/mol. The van der Waals surface area contributed by atoms with Crippen molar-refractivity contribution in [3.8, 4) is 0 Å². The minimum Gasteiger partial charge on any atom is -0.756 e. The van der Waals surface area contributed by atoms with Gasteiger partial charge in [-0.3, -0.25) is 14.2 Å². The average Bonchev–Trinajstić information content (AvgIpc) is 3.36. The van der Waals surface area contributed by atoms with Crippen molar-refractivity contribution in [3.05, 3.63) is 122 Å². The van der Waals surface area contributed by atoms with Gasteiger partial charge in [-0.1, -0.05) is 225 Å². The molecule has 0 aromatic heterocycles. The van der Waals surface area contributed by atoms with E-state index in [9.17, 15) is 19.0 Å². The SMILES string of the molecule is CC/C=C\C/C=C\C/C=C\C/C=C\C/C=C\C/C=C\CCCCCCCCCCCCCCC(=O)OC(COC(=O)CCCCCCCC/C=C\C/C=C\C/C=C\C/C=C\CC)COP(=O)([O-])OCC[N+](C)(C)C. The summed E-state index contributed by atoms with van der Waals surface area (Å²) in [6.45, 7) is 3.98. The van der Waals surface area contributed by atoms with Gasteiger partial charge in [0, 0.05) is 12.8 Å². The number of phosphoric ester groups is 1. The number of nitrogens with zero attached hydrogens (tertiary/aromatic N) is 1. The Kier molecular flexibility index (Phi) is 51.6. The van der Waals surface area contributed by atoms with Crippen LogP contribution < -0.4 is 4.89 Å². The summed E-state index contributed by atoms with van der Waals surface area (Å²) in [5.41, 5.74) is 0. The predicted octanol–water partition coefficient (Wildman–Crippen LogP) is 17.7. The molecule has 0 spiro atoms. The number of ether oxygens (including phenoxy) is 2. The number of carbonyl (C=O) groups excluding carboxylic acids is 2. The zero-order valence-corrected chi connectivity index (χ0v) is 48.6. The first-order chi connectivity index (χ1) is 36.0. The summed E-state index contributed by atoms with van der Waals surface area (Å²) in [6.07, 6.45) is 76.7. The molecule has 74 heavy (non-hydrogen) atoms. The molecule has 0 bridgehead atoms. The zero-order chi connectivity index (χ0) is 54.2. The van der Waals surface area contributed by atoms with E-state index in [1.165, 1.54) is 57.8 Å². The third-order valence-electron chi connectivity index (χ3n) is 12.0. The summed E-state index contributed by atoms with van der Waals surface area (Å²) in [7, 11) is 1.14. The van der Waals surface area contributed by atoms with Crippen molar-refractivity contribution in [1.82, 2.24) is 0 Å². The highest BCUT2D eigenvalue weighted by Gasteiger charge is 2.21. The van der Waals surface area contributed by atoms with Crippen LogP contribution in [-0.4, -0.2) is 70.0 Å². The first kappa shape index (κ1) is 70.4. The molecule has 422 valence electrons. The maximum Gasteiger partial charge on any atom is 0.306 e. The van der Waals surface area contributed by atoms with Crippen molar-refractivity contribution >= 4 is 19.8 Å². The largest absolute Gasteiger partial charge is 0.756 e. The molecule has 0 fully saturated rings. The quantitative estimate of drug-likeness (QED) is 0.0195. The van der Waals surface area contributed by atoms with Gasteiger partial charge in [-0.05, 0) is 103 Å². The predicted molar refractivity (Wildman–Crippen MR) is 314 cm³/mol. The number of phosphoric acid groups is 1. The highest BCUT2D eigenvalue weighted by molar-refractivity contribution is 7.45. The van der Waals surface area contributed by atoms with E-state index in [1.54, 1.807) is 0 Å². The van der Waals surface area contributed by atoms with Crippen molar-refractivity contribution in [2.75, 3.05) is 47.5 Å². The van der Waals surface area contributed by atoms with E-state index in [1.807, 2.05) is 21.1 Å². The molecule has 0 amide bonds. The zero-order valence-electron chi connectivity index (χ0n) is 47.7. The van der Waals surface area contributed by atoms with E-state index in [-0.39, 0.29) is 26.1 Å². The Bertz CT molecular complexity index is 1660. The lowest BCUT2D eigenvalue weighted by molar-refractivity contribution is -0.870. The van der Waals surface area contributed by atoms with E-state index < -0.39 is 32.5 Å². The second-order valence-electron chi connectivity index (χ2n) is 20.2. The number of rotatable bonds is 52. The van der Waals surface area contributed by atoms with Crippen molar-refractivity contribution in [2.45, 2.75) is 225 Å². The van der Waals surface area contributed by atoms with Crippen molar-refractivity contribution in [1.29, 1.82) is 0 Å². The molecule has 0 heterocycles. The van der Waals surface area contributed by atoms with Gasteiger partial charge >= 0.3 is 11.9 Å². The van der Waals surface area contributed by atoms with E-state index in [0.717, 1.165) is 122 Å². The molecule has 0 saturated carbocycles. The molecule has 0 aliphatic rings. The average molecular weight is 1050 g/mol. The van der Waals surface area contributed by atoms with E-state index in [2.05, 4.69) is 135 Å². The van der Waals surface area contributed by atoms with Gasteiger partial charge in [0.1, 0.15) is 19.8 Å². The number of hydrogen-bond donors (Lipinski definition) is 0. The van der Waals surface area contributed by atoms with Gasteiger partial charge in [0.25, 0.3) is 7.82 Å². The molecule has 2 atom stereocenters. The first-order valence-corrected chi connectivity index (χ1v) is 30.7. The third kappa shape index (κ3) is 57.7. The topological polar surface area (TPSA) is 111 Å². The Balaban J connectivity index is 4.18. The normalized spacial score (nSPS) is 14.2. The number of esters is 2. The highest BCUT2D eigenvalue weighted by atomic mass is 31.2. The van der Waals surface area contributed by atoms with Crippen LogP contribution in [0.15, 0.2) is 122 Å². The summed E-state index contributed by atoms with van der Waals surface area (Å²) in [5.74, 6) is -0.858. The van der Waals surface area contributed by atoms with Gasteiger partial charge < -0.3 is 27.9 Å². The van der Waals surface area contributed by atoms with Gasteiger partial charge in [-0.25, -0.2) is 0 Å². The Labute approximate surface area is 454 Å².